The van der Waals surface area contributed by atoms with Gasteiger partial charge in [0.15, 0.2) is 5.69 Å². The molecule has 0 atom stereocenters. The van der Waals surface area contributed by atoms with Gasteiger partial charge >= 0.3 is 5.97 Å². The summed E-state index contributed by atoms with van der Waals surface area (Å²) in [6.45, 7) is 3.99. The van der Waals surface area contributed by atoms with Crippen LogP contribution in [0.25, 0.3) is 0 Å². The molecule has 1 amide bonds. The highest BCUT2D eigenvalue weighted by Crippen LogP contribution is 2.14. The minimum Gasteiger partial charge on any atom is -0.476 e. The summed E-state index contributed by atoms with van der Waals surface area (Å²) in [6, 6.07) is 5.67. The predicted octanol–water partition coefficient (Wildman–Crippen LogP) is 2.39. The van der Waals surface area contributed by atoms with Gasteiger partial charge < -0.3 is 10.4 Å². The summed E-state index contributed by atoms with van der Waals surface area (Å²) in [4.78, 5) is 26.8. The average Bonchev–Trinajstić information content (AvgIpc) is 2.85. The first-order valence-corrected chi connectivity index (χ1v) is 6.89. The Labute approximate surface area is 120 Å². The number of carboxylic acids is 1. The zero-order valence-electron chi connectivity index (χ0n) is 11.1. The van der Waals surface area contributed by atoms with Crippen molar-refractivity contribution in [3.8, 4) is 0 Å². The number of aromatic nitrogens is 1. The lowest BCUT2D eigenvalue weighted by Crippen LogP contribution is -2.24. The monoisotopic (exact) mass is 290 g/mol. The number of hydrogen-bond acceptors (Lipinski definition) is 4. The fraction of sp³-hybridized carbons (Fsp3) is 0.214. The molecule has 0 radical (unpaired) electrons. The van der Waals surface area contributed by atoms with Crippen molar-refractivity contribution in [1.82, 2.24) is 10.3 Å². The van der Waals surface area contributed by atoms with Gasteiger partial charge in [-0.25, -0.2) is 9.78 Å². The van der Waals surface area contributed by atoms with Crippen LogP contribution in [0, 0.1) is 13.8 Å². The summed E-state index contributed by atoms with van der Waals surface area (Å²) in [5, 5.41) is 13.6. The topological polar surface area (TPSA) is 79.3 Å². The number of nitrogens with one attached hydrogen (secondary N) is 1. The SMILES string of the molecule is Cc1cccc(C)c1C(=O)NCc1nc(C(=O)O)cs1. The molecule has 104 valence electrons. The van der Waals surface area contributed by atoms with Crippen LogP contribution >= 0.6 is 11.3 Å². The lowest BCUT2D eigenvalue weighted by molar-refractivity contribution is 0.0691. The third-order valence-corrected chi connectivity index (χ3v) is 3.73. The van der Waals surface area contributed by atoms with Crippen molar-refractivity contribution < 1.29 is 14.7 Å². The zero-order chi connectivity index (χ0) is 14.7. The number of aromatic carboxylic acids is 1. The van der Waals surface area contributed by atoms with Crippen LogP contribution in [0.4, 0.5) is 0 Å². The van der Waals surface area contributed by atoms with Crippen LogP contribution in [-0.2, 0) is 6.54 Å². The molecule has 2 rings (SSSR count). The molecule has 0 aliphatic rings. The summed E-state index contributed by atoms with van der Waals surface area (Å²) in [6.07, 6.45) is 0. The van der Waals surface area contributed by atoms with Crippen LogP contribution in [0.3, 0.4) is 0 Å². The number of hydrogen-bond donors (Lipinski definition) is 2. The van der Waals surface area contributed by atoms with Crippen LogP contribution in [0.5, 0.6) is 0 Å². The molecule has 1 aromatic heterocycles. The van der Waals surface area contributed by atoms with E-state index in [0.717, 1.165) is 11.1 Å². The van der Waals surface area contributed by atoms with Gasteiger partial charge in [0.1, 0.15) is 5.01 Å². The van der Waals surface area contributed by atoms with Crippen LogP contribution in [0.15, 0.2) is 23.6 Å². The zero-order valence-corrected chi connectivity index (χ0v) is 12.0. The summed E-state index contributed by atoms with van der Waals surface area (Å²) in [5.41, 5.74) is 2.48. The van der Waals surface area contributed by atoms with E-state index in [4.69, 9.17) is 5.11 Å². The number of carbonyl (C=O) groups is 2. The quantitative estimate of drug-likeness (QED) is 0.906. The van der Waals surface area contributed by atoms with E-state index >= 15 is 0 Å². The molecular weight excluding hydrogens is 276 g/mol. The molecule has 1 aromatic carbocycles. The standard InChI is InChI=1S/C14H14N2O3S/c1-8-4-3-5-9(2)12(8)13(17)15-6-11-16-10(7-20-11)14(18)19/h3-5,7H,6H2,1-2H3,(H,15,17)(H,18,19). The Morgan fingerprint density at radius 1 is 1.30 bits per heavy atom. The molecule has 0 aliphatic heterocycles. The second kappa shape index (κ2) is 5.83. The number of rotatable bonds is 4. The first-order chi connectivity index (χ1) is 9.49. The maximum atomic E-state index is 12.1. The average molecular weight is 290 g/mol. The minimum atomic E-state index is -1.06. The van der Waals surface area contributed by atoms with E-state index in [0.29, 0.717) is 10.6 Å². The summed E-state index contributed by atoms with van der Waals surface area (Å²) in [5.74, 6) is -1.23. The van der Waals surface area contributed by atoms with Crippen molar-refractivity contribution in [3.05, 3.63) is 51.0 Å². The largest absolute Gasteiger partial charge is 0.476 e. The van der Waals surface area contributed by atoms with Gasteiger partial charge in [0, 0.05) is 10.9 Å². The van der Waals surface area contributed by atoms with Crippen molar-refractivity contribution in [3.63, 3.8) is 0 Å². The molecule has 0 unspecified atom stereocenters. The van der Waals surface area contributed by atoms with Gasteiger partial charge in [0.25, 0.3) is 5.91 Å². The highest BCUT2D eigenvalue weighted by molar-refractivity contribution is 7.09. The fourth-order valence-corrected chi connectivity index (χ4v) is 2.61. The lowest BCUT2D eigenvalue weighted by Gasteiger charge is -2.09. The normalized spacial score (nSPS) is 10.3. The molecule has 2 N–H and O–H groups in total. The summed E-state index contributed by atoms with van der Waals surface area (Å²) >= 11 is 1.22. The van der Waals surface area contributed by atoms with E-state index in [1.54, 1.807) is 0 Å². The number of benzene rings is 1. The maximum Gasteiger partial charge on any atom is 0.355 e. The van der Waals surface area contributed by atoms with Crippen LogP contribution in [0.2, 0.25) is 0 Å². The molecule has 20 heavy (non-hydrogen) atoms. The Bertz CT molecular complexity index is 644. The van der Waals surface area contributed by atoms with E-state index in [1.807, 2.05) is 32.0 Å². The Kier molecular flexibility index (Phi) is 4.14. The summed E-state index contributed by atoms with van der Waals surface area (Å²) < 4.78 is 0. The van der Waals surface area contributed by atoms with Gasteiger partial charge in [-0.2, -0.15) is 0 Å². The van der Waals surface area contributed by atoms with Gasteiger partial charge in [0.2, 0.25) is 0 Å². The minimum absolute atomic E-state index is 0.00585. The Morgan fingerprint density at radius 3 is 2.50 bits per heavy atom. The number of thiazole rings is 1. The molecule has 0 fully saturated rings. The van der Waals surface area contributed by atoms with E-state index in [-0.39, 0.29) is 18.1 Å². The third kappa shape index (κ3) is 3.03. The van der Waals surface area contributed by atoms with Crippen LogP contribution in [-0.4, -0.2) is 22.0 Å². The van der Waals surface area contributed by atoms with Gasteiger partial charge in [0.05, 0.1) is 6.54 Å². The van der Waals surface area contributed by atoms with Crippen molar-refractivity contribution in [2.24, 2.45) is 0 Å². The third-order valence-electron chi connectivity index (χ3n) is 2.88. The Morgan fingerprint density at radius 2 is 1.95 bits per heavy atom. The van der Waals surface area contributed by atoms with E-state index in [9.17, 15) is 9.59 Å². The molecule has 0 aliphatic carbocycles. The molecule has 0 saturated heterocycles. The molecular formula is C14H14N2O3S. The number of nitrogens with zero attached hydrogens (tertiary/aromatic N) is 1. The number of amides is 1. The van der Waals surface area contributed by atoms with Crippen molar-refractivity contribution in [2.75, 3.05) is 0 Å². The molecule has 1 heterocycles. The highest BCUT2D eigenvalue weighted by Gasteiger charge is 2.13. The van der Waals surface area contributed by atoms with Crippen molar-refractivity contribution in [1.29, 1.82) is 0 Å². The van der Waals surface area contributed by atoms with E-state index in [2.05, 4.69) is 10.3 Å². The highest BCUT2D eigenvalue weighted by atomic mass is 32.1. The molecule has 0 spiro atoms. The first kappa shape index (κ1) is 14.2. The molecule has 0 bridgehead atoms. The molecule has 6 heteroatoms. The lowest BCUT2D eigenvalue weighted by atomic mass is 10.0. The second-order valence-electron chi connectivity index (χ2n) is 4.38. The van der Waals surface area contributed by atoms with E-state index in [1.165, 1.54) is 16.7 Å². The fourth-order valence-electron chi connectivity index (χ4n) is 1.91. The van der Waals surface area contributed by atoms with Crippen LogP contribution < -0.4 is 5.32 Å². The second-order valence-corrected chi connectivity index (χ2v) is 5.32. The van der Waals surface area contributed by atoms with Crippen molar-refractivity contribution >= 4 is 23.2 Å². The summed E-state index contributed by atoms with van der Waals surface area (Å²) in [7, 11) is 0. The van der Waals surface area contributed by atoms with E-state index < -0.39 is 5.97 Å². The smallest absolute Gasteiger partial charge is 0.355 e. The number of carboxylic acid groups (broad SMARTS) is 1. The van der Waals surface area contributed by atoms with Gasteiger partial charge in [-0.15, -0.1) is 11.3 Å². The van der Waals surface area contributed by atoms with Gasteiger partial charge in [-0.3, -0.25) is 4.79 Å². The van der Waals surface area contributed by atoms with Crippen molar-refractivity contribution in [2.45, 2.75) is 20.4 Å². The van der Waals surface area contributed by atoms with Gasteiger partial charge in [-0.1, -0.05) is 18.2 Å². The maximum absolute atomic E-state index is 12.1. The molecule has 2 aromatic rings. The predicted molar refractivity (Wildman–Crippen MR) is 76.2 cm³/mol. The van der Waals surface area contributed by atoms with Gasteiger partial charge in [-0.05, 0) is 25.0 Å². The molecule has 0 saturated carbocycles. The van der Waals surface area contributed by atoms with Crippen LogP contribution in [0.1, 0.15) is 37.0 Å². The number of carbonyl (C=O) groups excluding carboxylic acids is 1. The Balaban J connectivity index is 2.07. The Hall–Kier alpha value is -2.21. The molecule has 5 nitrogen and oxygen atoms in total. The number of aryl methyl sites for hydroxylation is 2. The first-order valence-electron chi connectivity index (χ1n) is 6.01.